The molecule has 8 heteroatoms. The van der Waals surface area contributed by atoms with E-state index in [1.807, 2.05) is 0 Å². The normalized spacial score (nSPS) is 10.4. The van der Waals surface area contributed by atoms with Gasteiger partial charge >= 0.3 is 0 Å². The lowest BCUT2D eigenvalue weighted by molar-refractivity contribution is 0.0977. The molecule has 0 bridgehead atoms. The number of carbonyl (C=O) groups is 1. The van der Waals surface area contributed by atoms with Gasteiger partial charge in [-0.15, -0.1) is 0 Å². The number of hydrogen-bond acceptors (Lipinski definition) is 5. The molecule has 144 valence electrons. The van der Waals surface area contributed by atoms with E-state index in [1.54, 1.807) is 54.6 Å². The number of rotatable bonds is 5. The topological polar surface area (TPSA) is 83.7 Å². The van der Waals surface area contributed by atoms with Crippen molar-refractivity contribution in [1.29, 1.82) is 0 Å². The van der Waals surface area contributed by atoms with Crippen LogP contribution in [0.25, 0.3) is 11.3 Å². The smallest absolute Gasteiger partial charge is 0.257 e. The molecule has 0 aliphatic heterocycles. The number of thiocarbonyl (C=S) groups is 1. The molecule has 0 spiro atoms. The molecule has 0 unspecified atom stereocenters. The summed E-state index contributed by atoms with van der Waals surface area (Å²) in [6, 6.07) is 15.3. The van der Waals surface area contributed by atoms with Crippen molar-refractivity contribution in [2.24, 2.45) is 0 Å². The molecule has 0 aliphatic carbocycles. The van der Waals surface area contributed by atoms with Crippen molar-refractivity contribution in [2.75, 3.05) is 12.4 Å². The van der Waals surface area contributed by atoms with E-state index in [-0.39, 0.29) is 17.6 Å². The van der Waals surface area contributed by atoms with Gasteiger partial charge in [-0.2, -0.15) is 0 Å². The first kappa shape index (κ1) is 19.9. The van der Waals surface area contributed by atoms with Crippen molar-refractivity contribution in [1.82, 2.24) is 5.32 Å². The average molecular weight is 417 g/mol. The molecule has 0 saturated heterocycles. The van der Waals surface area contributed by atoms with Crippen LogP contribution < -0.4 is 15.4 Å². The minimum atomic E-state index is -0.365. The number of methoxy groups -OCH3 is 1. The summed E-state index contributed by atoms with van der Waals surface area (Å²) < 4.78 is 11.0. The van der Waals surface area contributed by atoms with E-state index in [9.17, 15) is 4.79 Å². The number of furan rings is 1. The van der Waals surface area contributed by atoms with E-state index in [1.165, 1.54) is 7.11 Å². The van der Waals surface area contributed by atoms with Crippen LogP contribution in [-0.4, -0.2) is 23.2 Å². The fourth-order valence-corrected chi connectivity index (χ4v) is 2.95. The third-order valence-corrected chi connectivity index (χ3v) is 4.30. The zero-order valence-electron chi connectivity index (χ0n) is 14.9. The molecule has 1 amide bonds. The van der Waals surface area contributed by atoms with Crippen LogP contribution in [-0.2, 0) is 6.61 Å². The van der Waals surface area contributed by atoms with Crippen LogP contribution in [0.15, 0.2) is 59.0 Å². The van der Waals surface area contributed by atoms with Gasteiger partial charge < -0.3 is 19.6 Å². The SMILES string of the molecule is COc1cc(NC(=S)NC(=O)c2cccc(Cl)c2)ccc1-c1ccc(CO)o1. The van der Waals surface area contributed by atoms with Gasteiger partial charge in [0.25, 0.3) is 5.91 Å². The first-order valence-electron chi connectivity index (χ1n) is 8.26. The van der Waals surface area contributed by atoms with E-state index in [4.69, 9.17) is 38.1 Å². The van der Waals surface area contributed by atoms with Crippen molar-refractivity contribution >= 4 is 40.5 Å². The highest BCUT2D eigenvalue weighted by atomic mass is 35.5. The second kappa shape index (κ2) is 8.88. The Labute approximate surface area is 172 Å². The van der Waals surface area contributed by atoms with Gasteiger partial charge in [0.1, 0.15) is 23.9 Å². The van der Waals surface area contributed by atoms with Gasteiger partial charge in [0.05, 0.1) is 12.7 Å². The molecule has 3 N–H and O–H groups in total. The highest BCUT2D eigenvalue weighted by Crippen LogP contribution is 2.33. The van der Waals surface area contributed by atoms with E-state index in [0.717, 1.165) is 5.56 Å². The monoisotopic (exact) mass is 416 g/mol. The van der Waals surface area contributed by atoms with Gasteiger partial charge in [-0.1, -0.05) is 17.7 Å². The Bertz CT molecular complexity index is 1020. The van der Waals surface area contributed by atoms with Crippen LogP contribution in [0.1, 0.15) is 16.1 Å². The molecule has 0 radical (unpaired) electrons. The minimum absolute atomic E-state index is 0.139. The lowest BCUT2D eigenvalue weighted by Crippen LogP contribution is -2.34. The van der Waals surface area contributed by atoms with E-state index in [0.29, 0.717) is 33.5 Å². The van der Waals surface area contributed by atoms with Gasteiger partial charge in [-0.05, 0) is 54.7 Å². The number of halogens is 1. The number of anilines is 1. The van der Waals surface area contributed by atoms with Crippen LogP contribution in [0, 0.1) is 0 Å². The van der Waals surface area contributed by atoms with E-state index in [2.05, 4.69) is 10.6 Å². The third kappa shape index (κ3) is 4.69. The fraction of sp³-hybridized carbons (Fsp3) is 0.100. The molecule has 28 heavy (non-hydrogen) atoms. The van der Waals surface area contributed by atoms with Crippen LogP contribution in [0.2, 0.25) is 5.02 Å². The van der Waals surface area contributed by atoms with Crippen molar-refractivity contribution < 1.29 is 19.1 Å². The summed E-state index contributed by atoms with van der Waals surface area (Å²) in [7, 11) is 1.54. The highest BCUT2D eigenvalue weighted by Gasteiger charge is 2.13. The second-order valence-corrected chi connectivity index (χ2v) is 6.60. The molecule has 3 rings (SSSR count). The standard InChI is InChI=1S/C20H17ClN2O4S/c1-26-18-10-14(5-7-16(18)17-8-6-15(11-24)27-17)22-20(28)23-19(25)12-3-2-4-13(21)9-12/h2-10,24H,11H2,1H3,(H2,22,23,25,28). The number of hydrogen-bond donors (Lipinski definition) is 3. The second-order valence-electron chi connectivity index (χ2n) is 5.76. The zero-order valence-corrected chi connectivity index (χ0v) is 16.4. The predicted molar refractivity (Wildman–Crippen MR) is 112 cm³/mol. The summed E-state index contributed by atoms with van der Waals surface area (Å²) in [5.41, 5.74) is 1.76. The zero-order chi connectivity index (χ0) is 20.1. The first-order valence-corrected chi connectivity index (χ1v) is 9.04. The molecule has 1 aromatic heterocycles. The quantitative estimate of drug-likeness (QED) is 0.540. The molecule has 3 aromatic rings. The number of aliphatic hydroxyl groups excluding tert-OH is 1. The lowest BCUT2D eigenvalue weighted by atomic mass is 10.1. The molecular weight excluding hydrogens is 400 g/mol. The molecule has 0 atom stereocenters. The first-order chi connectivity index (χ1) is 13.5. The Morgan fingerprint density at radius 2 is 2.04 bits per heavy atom. The molecular formula is C20H17ClN2O4S. The molecule has 6 nitrogen and oxygen atoms in total. The maximum Gasteiger partial charge on any atom is 0.257 e. The van der Waals surface area contributed by atoms with Crippen LogP contribution >= 0.6 is 23.8 Å². The largest absolute Gasteiger partial charge is 0.496 e. The van der Waals surface area contributed by atoms with Crippen LogP contribution in [0.5, 0.6) is 5.75 Å². The molecule has 1 heterocycles. The highest BCUT2D eigenvalue weighted by molar-refractivity contribution is 7.80. The third-order valence-electron chi connectivity index (χ3n) is 3.86. The summed E-state index contributed by atoms with van der Waals surface area (Å²) in [6.07, 6.45) is 0. The van der Waals surface area contributed by atoms with Gasteiger partial charge in [0.2, 0.25) is 0 Å². The number of aliphatic hydroxyl groups is 1. The van der Waals surface area contributed by atoms with Gasteiger partial charge in [0.15, 0.2) is 5.11 Å². The predicted octanol–water partition coefficient (Wildman–Crippen LogP) is 4.23. The molecule has 0 fully saturated rings. The minimum Gasteiger partial charge on any atom is -0.496 e. The average Bonchev–Trinajstić information content (AvgIpc) is 3.16. The molecule has 0 aliphatic rings. The van der Waals surface area contributed by atoms with E-state index >= 15 is 0 Å². The van der Waals surface area contributed by atoms with Gasteiger partial charge in [-0.3, -0.25) is 10.1 Å². The number of carbonyl (C=O) groups excluding carboxylic acids is 1. The van der Waals surface area contributed by atoms with Crippen molar-refractivity contribution in [3.8, 4) is 17.1 Å². The summed E-state index contributed by atoms with van der Waals surface area (Å²) in [5.74, 6) is 1.22. The van der Waals surface area contributed by atoms with Crippen LogP contribution in [0.3, 0.4) is 0 Å². The Morgan fingerprint density at radius 1 is 1.21 bits per heavy atom. The number of nitrogens with one attached hydrogen (secondary N) is 2. The Morgan fingerprint density at radius 3 is 2.71 bits per heavy atom. The molecule has 0 saturated carbocycles. The van der Waals surface area contributed by atoms with Crippen molar-refractivity contribution in [3.05, 3.63) is 70.9 Å². The van der Waals surface area contributed by atoms with Crippen molar-refractivity contribution in [3.63, 3.8) is 0 Å². The summed E-state index contributed by atoms with van der Waals surface area (Å²) in [6.45, 7) is -0.178. The van der Waals surface area contributed by atoms with E-state index < -0.39 is 0 Å². The van der Waals surface area contributed by atoms with Gasteiger partial charge in [0, 0.05) is 22.3 Å². The number of ether oxygens (including phenoxy) is 1. The Hall–Kier alpha value is -2.87. The Balaban J connectivity index is 1.71. The number of benzene rings is 2. The summed E-state index contributed by atoms with van der Waals surface area (Å²) >= 11 is 11.1. The fourth-order valence-electron chi connectivity index (χ4n) is 2.55. The Kier molecular flexibility index (Phi) is 6.30. The summed E-state index contributed by atoms with van der Waals surface area (Å²) in [5, 5.41) is 15.3. The lowest BCUT2D eigenvalue weighted by Gasteiger charge is -2.12. The molecule has 2 aromatic carbocycles. The van der Waals surface area contributed by atoms with Crippen LogP contribution in [0.4, 0.5) is 5.69 Å². The number of amides is 1. The van der Waals surface area contributed by atoms with Crippen molar-refractivity contribution in [2.45, 2.75) is 6.61 Å². The van der Waals surface area contributed by atoms with Gasteiger partial charge in [-0.25, -0.2) is 0 Å². The maximum absolute atomic E-state index is 12.2. The summed E-state index contributed by atoms with van der Waals surface area (Å²) in [4.78, 5) is 12.2. The maximum atomic E-state index is 12.2.